The fourth-order valence-corrected chi connectivity index (χ4v) is 2.20. The molecule has 0 saturated heterocycles. The van der Waals surface area contributed by atoms with Gasteiger partial charge in [0.2, 0.25) is 0 Å². The summed E-state index contributed by atoms with van der Waals surface area (Å²) in [5.74, 6) is -0.648. The number of hydrogen-bond donors (Lipinski definition) is 0. The Hall–Kier alpha value is -0.870. The first-order valence-electron chi connectivity index (χ1n) is 4.50. The summed E-state index contributed by atoms with van der Waals surface area (Å²) >= 11 is 9.19. The Morgan fingerprint density at radius 2 is 2.06 bits per heavy atom. The van der Waals surface area contributed by atoms with E-state index in [1.165, 1.54) is 14.0 Å². The van der Waals surface area contributed by atoms with Crippen LogP contribution in [0.2, 0.25) is 0 Å². The molecule has 1 rings (SSSR count). The summed E-state index contributed by atoms with van der Waals surface area (Å²) in [5.41, 5.74) is 0.920. The molecule has 5 heteroatoms. The normalized spacial score (nSPS) is 12.0. The molecule has 0 aliphatic carbocycles. The van der Waals surface area contributed by atoms with E-state index in [4.69, 9.17) is 11.6 Å². The lowest BCUT2D eigenvalue weighted by Gasteiger charge is -2.11. The molecule has 0 bridgehead atoms. The molecule has 0 saturated carbocycles. The maximum Gasteiger partial charge on any atom is 0.339 e. The third-order valence-electron chi connectivity index (χ3n) is 2.06. The molecule has 86 valence electrons. The molecule has 3 nitrogen and oxygen atoms in total. The van der Waals surface area contributed by atoms with Crippen molar-refractivity contribution in [1.29, 1.82) is 0 Å². The van der Waals surface area contributed by atoms with Crippen molar-refractivity contribution in [3.05, 3.63) is 33.8 Å². The van der Waals surface area contributed by atoms with Gasteiger partial charge in [0.15, 0.2) is 5.78 Å². The highest BCUT2D eigenvalue weighted by atomic mass is 79.9. The molecule has 0 aliphatic rings. The predicted molar refractivity (Wildman–Crippen MR) is 64.8 cm³/mol. The van der Waals surface area contributed by atoms with Crippen LogP contribution >= 0.6 is 27.5 Å². The van der Waals surface area contributed by atoms with Gasteiger partial charge in [-0.3, -0.25) is 4.79 Å². The van der Waals surface area contributed by atoms with Gasteiger partial charge in [0.1, 0.15) is 5.38 Å². The minimum atomic E-state index is -0.765. The lowest BCUT2D eigenvalue weighted by Crippen LogP contribution is -2.07. The van der Waals surface area contributed by atoms with E-state index in [-0.39, 0.29) is 5.78 Å². The van der Waals surface area contributed by atoms with Gasteiger partial charge in [-0.25, -0.2) is 4.79 Å². The molecule has 16 heavy (non-hydrogen) atoms. The van der Waals surface area contributed by atoms with Crippen molar-refractivity contribution in [3.8, 4) is 0 Å². The first-order chi connectivity index (χ1) is 7.49. The average molecular weight is 306 g/mol. The van der Waals surface area contributed by atoms with E-state index in [0.717, 1.165) is 0 Å². The molecule has 1 aromatic rings. The molecular weight excluding hydrogens is 295 g/mol. The van der Waals surface area contributed by atoms with Crippen LogP contribution < -0.4 is 0 Å². The van der Waals surface area contributed by atoms with E-state index in [1.807, 2.05) is 0 Å². The van der Waals surface area contributed by atoms with Gasteiger partial charge < -0.3 is 4.74 Å². The van der Waals surface area contributed by atoms with Crippen molar-refractivity contribution in [2.75, 3.05) is 7.11 Å². The Labute approximate surface area is 107 Å². The number of Topliss-reactive ketones (excluding diaryl/α,β-unsaturated/α-hetero) is 1. The van der Waals surface area contributed by atoms with Gasteiger partial charge in [-0.15, -0.1) is 11.6 Å². The van der Waals surface area contributed by atoms with E-state index in [1.54, 1.807) is 18.2 Å². The fraction of sp³-hybridized carbons (Fsp3) is 0.273. The van der Waals surface area contributed by atoms with Crippen LogP contribution in [-0.4, -0.2) is 18.9 Å². The first-order valence-corrected chi connectivity index (χ1v) is 5.73. The van der Waals surface area contributed by atoms with Crippen LogP contribution in [0.1, 0.15) is 28.2 Å². The van der Waals surface area contributed by atoms with Crippen LogP contribution in [0.25, 0.3) is 0 Å². The number of ether oxygens (including phenoxy) is 1. The maximum atomic E-state index is 11.4. The molecule has 0 N–H and O–H groups in total. The standard InChI is InChI=1S/C11H10BrClO3/c1-6(14)10(13)7-4-3-5-8(9(7)12)11(15)16-2/h3-5,10H,1-2H3. The zero-order valence-corrected chi connectivity index (χ0v) is 11.1. The van der Waals surface area contributed by atoms with Crippen molar-refractivity contribution in [1.82, 2.24) is 0 Å². The number of rotatable bonds is 3. The van der Waals surface area contributed by atoms with Gasteiger partial charge >= 0.3 is 5.97 Å². The molecule has 0 aliphatic heterocycles. The topological polar surface area (TPSA) is 43.4 Å². The van der Waals surface area contributed by atoms with Crippen molar-refractivity contribution in [3.63, 3.8) is 0 Å². The number of ketones is 1. The molecule has 0 fully saturated rings. The van der Waals surface area contributed by atoms with Crippen LogP contribution in [-0.2, 0) is 9.53 Å². The number of benzene rings is 1. The number of esters is 1. The minimum Gasteiger partial charge on any atom is -0.465 e. The predicted octanol–water partition coefficient (Wildman–Crippen LogP) is 3.10. The number of alkyl halides is 1. The van der Waals surface area contributed by atoms with Crippen LogP contribution in [0.3, 0.4) is 0 Å². The largest absolute Gasteiger partial charge is 0.465 e. The smallest absolute Gasteiger partial charge is 0.339 e. The molecule has 0 amide bonds. The minimum absolute atomic E-state index is 0.176. The Morgan fingerprint density at radius 1 is 1.44 bits per heavy atom. The second-order valence-corrected chi connectivity index (χ2v) is 4.40. The summed E-state index contributed by atoms with van der Waals surface area (Å²) in [5, 5.41) is -0.765. The van der Waals surface area contributed by atoms with Gasteiger partial charge in [0.05, 0.1) is 12.7 Å². The monoisotopic (exact) mass is 304 g/mol. The average Bonchev–Trinajstić information content (AvgIpc) is 2.27. The van der Waals surface area contributed by atoms with Gasteiger partial charge in [-0.2, -0.15) is 0 Å². The SMILES string of the molecule is COC(=O)c1cccc(C(Cl)C(C)=O)c1Br. The number of hydrogen-bond acceptors (Lipinski definition) is 3. The van der Waals surface area contributed by atoms with Crippen molar-refractivity contribution < 1.29 is 14.3 Å². The molecule has 1 aromatic carbocycles. The summed E-state index contributed by atoms with van der Waals surface area (Å²) in [4.78, 5) is 22.6. The summed E-state index contributed by atoms with van der Waals surface area (Å²) in [6, 6.07) is 4.95. The van der Waals surface area contributed by atoms with Crippen molar-refractivity contribution in [2.45, 2.75) is 12.3 Å². The third-order valence-corrected chi connectivity index (χ3v) is 3.49. The van der Waals surface area contributed by atoms with Gasteiger partial charge in [0.25, 0.3) is 0 Å². The highest BCUT2D eigenvalue weighted by Crippen LogP contribution is 2.31. The van der Waals surface area contributed by atoms with Gasteiger partial charge in [-0.05, 0) is 34.5 Å². The van der Waals surface area contributed by atoms with Gasteiger partial charge in [0, 0.05) is 4.47 Å². The number of halogens is 2. The van der Waals surface area contributed by atoms with E-state index < -0.39 is 11.3 Å². The zero-order valence-electron chi connectivity index (χ0n) is 8.79. The Bertz CT molecular complexity index is 431. The first kappa shape index (κ1) is 13.2. The Morgan fingerprint density at radius 3 is 2.56 bits per heavy atom. The number of methoxy groups -OCH3 is 1. The zero-order chi connectivity index (χ0) is 12.3. The molecule has 0 spiro atoms. The maximum absolute atomic E-state index is 11.4. The highest BCUT2D eigenvalue weighted by Gasteiger charge is 2.20. The van der Waals surface area contributed by atoms with Crippen LogP contribution in [0, 0.1) is 0 Å². The molecule has 1 unspecified atom stereocenters. The van der Waals surface area contributed by atoms with Gasteiger partial charge in [-0.1, -0.05) is 12.1 Å². The lowest BCUT2D eigenvalue weighted by molar-refractivity contribution is -0.116. The number of carbonyl (C=O) groups excluding carboxylic acids is 2. The van der Waals surface area contributed by atoms with Crippen LogP contribution in [0.15, 0.2) is 22.7 Å². The molecule has 0 heterocycles. The molecule has 0 aromatic heterocycles. The summed E-state index contributed by atoms with van der Waals surface area (Å²) in [7, 11) is 1.30. The van der Waals surface area contributed by atoms with E-state index >= 15 is 0 Å². The summed E-state index contributed by atoms with van der Waals surface area (Å²) < 4.78 is 5.11. The molecule has 0 radical (unpaired) electrons. The molecule has 1 atom stereocenters. The Kier molecular flexibility index (Phi) is 4.50. The lowest BCUT2D eigenvalue weighted by atomic mass is 10.1. The second-order valence-electron chi connectivity index (χ2n) is 3.17. The van der Waals surface area contributed by atoms with Crippen molar-refractivity contribution >= 4 is 39.3 Å². The molecular formula is C11H10BrClO3. The fourth-order valence-electron chi connectivity index (χ4n) is 1.23. The highest BCUT2D eigenvalue weighted by molar-refractivity contribution is 9.10. The number of carbonyl (C=O) groups is 2. The summed E-state index contributed by atoms with van der Waals surface area (Å²) in [6.07, 6.45) is 0. The van der Waals surface area contributed by atoms with Crippen LogP contribution in [0.4, 0.5) is 0 Å². The third kappa shape index (κ3) is 2.62. The van der Waals surface area contributed by atoms with E-state index in [0.29, 0.717) is 15.6 Å². The second kappa shape index (κ2) is 5.46. The van der Waals surface area contributed by atoms with Crippen molar-refractivity contribution in [2.24, 2.45) is 0 Å². The summed E-state index contributed by atoms with van der Waals surface area (Å²) in [6.45, 7) is 1.40. The van der Waals surface area contributed by atoms with Crippen LogP contribution in [0.5, 0.6) is 0 Å². The Balaban J connectivity index is 3.23. The van der Waals surface area contributed by atoms with E-state index in [9.17, 15) is 9.59 Å². The quantitative estimate of drug-likeness (QED) is 0.636. The van der Waals surface area contributed by atoms with E-state index in [2.05, 4.69) is 20.7 Å².